The highest BCUT2D eigenvalue weighted by atomic mass is 16.2. The summed E-state index contributed by atoms with van der Waals surface area (Å²) in [6.07, 6.45) is 6.89. The van der Waals surface area contributed by atoms with E-state index in [9.17, 15) is 24.0 Å². The molecule has 0 aromatic rings. The van der Waals surface area contributed by atoms with Crippen molar-refractivity contribution in [2.24, 2.45) is 62.1 Å². The molecule has 1 aliphatic carbocycles. The average Bonchev–Trinajstić information content (AvgIpc) is 2.94. The molecular weight excluding hydrogens is 556 g/mol. The molecule has 0 heterocycles. The Morgan fingerprint density at radius 1 is 0.744 bits per heavy atom. The van der Waals surface area contributed by atoms with E-state index in [2.05, 4.69) is 20.6 Å². The summed E-state index contributed by atoms with van der Waals surface area (Å²) in [5, 5.41) is 5.48. The van der Waals surface area contributed by atoms with Gasteiger partial charge in [-0.3, -0.25) is 34.0 Å². The zero-order chi connectivity index (χ0) is 32.4. The van der Waals surface area contributed by atoms with Crippen LogP contribution in [0.3, 0.4) is 0 Å². The number of guanidine groups is 2. The van der Waals surface area contributed by atoms with Gasteiger partial charge in [0, 0.05) is 37.8 Å². The van der Waals surface area contributed by atoms with E-state index in [4.69, 9.17) is 34.4 Å². The second-order valence-corrected chi connectivity index (χ2v) is 11.4. The Labute approximate surface area is 253 Å². The lowest BCUT2D eigenvalue weighted by molar-refractivity contribution is -0.134. The summed E-state index contributed by atoms with van der Waals surface area (Å²) in [4.78, 5) is 71.4. The van der Waals surface area contributed by atoms with Gasteiger partial charge in [0.25, 0.3) is 0 Å². The molecule has 1 aliphatic rings. The number of rotatable bonds is 21. The van der Waals surface area contributed by atoms with Crippen molar-refractivity contribution in [2.75, 3.05) is 13.1 Å². The number of aliphatic imine (C=N–C) groups is 2. The molecule has 0 aromatic heterocycles. The second kappa shape index (κ2) is 20.1. The molecule has 4 atom stereocenters. The van der Waals surface area contributed by atoms with Crippen LogP contribution in [-0.2, 0) is 24.0 Å². The monoisotopic (exact) mass is 608 g/mol. The van der Waals surface area contributed by atoms with Crippen LogP contribution < -0.4 is 45.0 Å². The van der Waals surface area contributed by atoms with Crippen molar-refractivity contribution in [3.8, 4) is 0 Å². The number of nitrogens with one attached hydrogen (secondary N) is 2. The fraction of sp³-hybridized carbons (Fsp3) is 0.750. The van der Waals surface area contributed by atoms with E-state index in [1.165, 1.54) is 0 Å². The van der Waals surface area contributed by atoms with E-state index in [1.54, 1.807) is 6.92 Å². The first-order valence-corrected chi connectivity index (χ1v) is 15.1. The third kappa shape index (κ3) is 16.3. The van der Waals surface area contributed by atoms with Crippen molar-refractivity contribution >= 4 is 41.3 Å². The minimum Gasteiger partial charge on any atom is -0.370 e. The van der Waals surface area contributed by atoms with E-state index in [0.29, 0.717) is 32.2 Å². The predicted molar refractivity (Wildman–Crippen MR) is 165 cm³/mol. The Morgan fingerprint density at radius 2 is 1.30 bits per heavy atom. The first-order valence-electron chi connectivity index (χ1n) is 15.1. The van der Waals surface area contributed by atoms with Crippen LogP contribution in [0.1, 0.15) is 90.4 Å². The molecule has 43 heavy (non-hydrogen) atoms. The van der Waals surface area contributed by atoms with Crippen molar-refractivity contribution in [3.63, 3.8) is 0 Å². The molecule has 0 spiro atoms. The number of carbonyl (C=O) groups is 5. The molecule has 244 valence electrons. The van der Waals surface area contributed by atoms with Crippen molar-refractivity contribution in [2.45, 2.75) is 102 Å². The van der Waals surface area contributed by atoms with Crippen molar-refractivity contribution < 1.29 is 24.0 Å². The van der Waals surface area contributed by atoms with Crippen molar-refractivity contribution in [1.29, 1.82) is 0 Å². The number of carbonyl (C=O) groups excluding carboxylic acids is 5. The van der Waals surface area contributed by atoms with Gasteiger partial charge in [-0.25, -0.2) is 0 Å². The largest absolute Gasteiger partial charge is 0.370 e. The van der Waals surface area contributed by atoms with Gasteiger partial charge < -0.3 is 45.0 Å². The van der Waals surface area contributed by atoms with E-state index in [1.807, 2.05) is 0 Å². The zero-order valence-corrected chi connectivity index (χ0v) is 25.4. The van der Waals surface area contributed by atoms with Crippen LogP contribution in [-0.4, -0.2) is 66.5 Å². The molecule has 14 N–H and O–H groups in total. The normalized spacial score (nSPS) is 16.1. The maximum Gasteiger partial charge on any atom is 0.240 e. The van der Waals surface area contributed by atoms with Crippen LogP contribution in [0, 0.1) is 17.8 Å². The fourth-order valence-electron chi connectivity index (χ4n) is 5.20. The standard InChI is InChI=1S/C28H52N10O5/c1-17(7-5-13-35-27(31)32)25(42)37-20(11-12-23(29)40)22(39)16-19(10-6-14-36-28(33)34)26(43)38-21(24(30)41)15-18-8-3-2-4-9-18/h17-21H,2-16H2,1H3,(H2,29,40)(H2,30,41)(H,37,42)(H,38,43)(H4,31,32,35)(H4,33,34,36)/t17-,19+,20-,21-/m0/s1. The van der Waals surface area contributed by atoms with Gasteiger partial charge in [-0.2, -0.15) is 0 Å². The van der Waals surface area contributed by atoms with Crippen LogP contribution in [0.15, 0.2) is 9.98 Å². The number of primary amides is 2. The lowest BCUT2D eigenvalue weighted by Gasteiger charge is -2.27. The van der Waals surface area contributed by atoms with Crippen molar-refractivity contribution in [1.82, 2.24) is 10.6 Å². The number of Topliss-reactive ketones (excluding diaryl/α,β-unsaturated/α-hetero) is 1. The van der Waals surface area contributed by atoms with Crippen LogP contribution in [0.5, 0.6) is 0 Å². The maximum absolute atomic E-state index is 13.5. The molecule has 0 unspecified atom stereocenters. The molecule has 0 aliphatic heterocycles. The molecule has 0 aromatic carbocycles. The van der Waals surface area contributed by atoms with Crippen LogP contribution in [0.4, 0.5) is 0 Å². The van der Waals surface area contributed by atoms with Gasteiger partial charge in [0.15, 0.2) is 17.7 Å². The van der Waals surface area contributed by atoms with Gasteiger partial charge >= 0.3 is 0 Å². The van der Waals surface area contributed by atoms with E-state index in [0.717, 1.165) is 32.1 Å². The van der Waals surface area contributed by atoms with Gasteiger partial charge in [-0.1, -0.05) is 39.0 Å². The van der Waals surface area contributed by atoms with Crippen LogP contribution in [0.2, 0.25) is 0 Å². The van der Waals surface area contributed by atoms with Gasteiger partial charge in [0.05, 0.1) is 6.04 Å². The van der Waals surface area contributed by atoms with E-state index >= 15 is 0 Å². The van der Waals surface area contributed by atoms with Gasteiger partial charge in [-0.05, 0) is 44.4 Å². The molecule has 4 amide bonds. The fourth-order valence-corrected chi connectivity index (χ4v) is 5.20. The highest BCUT2D eigenvalue weighted by molar-refractivity contribution is 5.94. The van der Waals surface area contributed by atoms with E-state index < -0.39 is 47.4 Å². The third-order valence-corrected chi connectivity index (χ3v) is 7.70. The number of ketones is 1. The lowest BCUT2D eigenvalue weighted by Crippen LogP contribution is -2.49. The number of hydrogen-bond donors (Lipinski definition) is 8. The van der Waals surface area contributed by atoms with Crippen LogP contribution >= 0.6 is 0 Å². The predicted octanol–water partition coefficient (Wildman–Crippen LogP) is -1.00. The summed E-state index contributed by atoms with van der Waals surface area (Å²) in [6, 6.07) is -1.90. The summed E-state index contributed by atoms with van der Waals surface area (Å²) in [7, 11) is 0. The molecule has 1 fully saturated rings. The minimum atomic E-state index is -1.04. The zero-order valence-electron chi connectivity index (χ0n) is 25.4. The molecule has 15 heteroatoms. The first kappa shape index (κ1) is 37.1. The summed E-state index contributed by atoms with van der Waals surface area (Å²) in [5.74, 6) is -3.75. The van der Waals surface area contributed by atoms with Crippen molar-refractivity contribution in [3.05, 3.63) is 0 Å². The Bertz CT molecular complexity index is 988. The quantitative estimate of drug-likeness (QED) is 0.0449. The Kier molecular flexibility index (Phi) is 17.3. The molecule has 1 rings (SSSR count). The Balaban J connectivity index is 3.01. The highest BCUT2D eigenvalue weighted by Gasteiger charge is 2.31. The number of hydrogen-bond acceptors (Lipinski definition) is 7. The SMILES string of the molecule is C[C@@H](CCCN=C(N)N)C(=O)N[C@@H](CCC(N)=O)C(=O)C[C@@H](CCCN=C(N)N)C(=O)N[C@@H](CC1CCCCC1)C(N)=O. The van der Waals surface area contributed by atoms with Gasteiger partial charge in [-0.15, -0.1) is 0 Å². The van der Waals surface area contributed by atoms with Gasteiger partial charge in [0.2, 0.25) is 23.6 Å². The minimum absolute atomic E-state index is 0.0193. The van der Waals surface area contributed by atoms with E-state index in [-0.39, 0.29) is 56.0 Å². The second-order valence-electron chi connectivity index (χ2n) is 11.4. The topological polar surface area (TPSA) is 290 Å². The summed E-state index contributed by atoms with van der Waals surface area (Å²) < 4.78 is 0. The smallest absolute Gasteiger partial charge is 0.240 e. The number of amides is 4. The van der Waals surface area contributed by atoms with Crippen LogP contribution in [0.25, 0.3) is 0 Å². The summed E-state index contributed by atoms with van der Waals surface area (Å²) in [6.45, 7) is 2.30. The number of nitrogens with zero attached hydrogens (tertiary/aromatic N) is 2. The molecule has 0 saturated heterocycles. The molecule has 0 bridgehead atoms. The lowest BCUT2D eigenvalue weighted by atomic mass is 9.84. The first-order chi connectivity index (χ1) is 20.3. The number of nitrogens with two attached hydrogens (primary N) is 6. The summed E-state index contributed by atoms with van der Waals surface area (Å²) >= 11 is 0. The molecule has 1 saturated carbocycles. The maximum atomic E-state index is 13.5. The molecule has 0 radical (unpaired) electrons. The average molecular weight is 609 g/mol. The van der Waals surface area contributed by atoms with Gasteiger partial charge in [0.1, 0.15) is 6.04 Å². The highest BCUT2D eigenvalue weighted by Crippen LogP contribution is 2.27. The third-order valence-electron chi connectivity index (χ3n) is 7.70. The Morgan fingerprint density at radius 3 is 1.84 bits per heavy atom. The summed E-state index contributed by atoms with van der Waals surface area (Å²) in [5.41, 5.74) is 32.4. The Hall–Kier alpha value is -3.91. The molecule has 15 nitrogen and oxygen atoms in total. The molecular formula is C28H52N10O5.